The minimum Gasteiger partial charge on any atom is -0.152 e. The monoisotopic (exact) mass is 700 g/mol. The largest absolute Gasteiger partial charge is 0.152 e. The molecule has 0 aliphatic carbocycles. The second kappa shape index (κ2) is 11.5. The summed E-state index contributed by atoms with van der Waals surface area (Å²) < 4.78 is 2.65. The predicted octanol–water partition coefficient (Wildman–Crippen LogP) is 15.5. The molecule has 0 nitrogen and oxygen atoms in total. The molecular weight excluding hydrogens is 673 g/mol. The van der Waals surface area contributed by atoms with Crippen LogP contribution in [0.4, 0.5) is 0 Å². The third-order valence-electron chi connectivity index (χ3n) is 10.5. The lowest BCUT2D eigenvalue weighted by atomic mass is 9.86. The molecule has 0 saturated heterocycles. The quantitative estimate of drug-likeness (QED) is 0.160. The van der Waals surface area contributed by atoms with Crippen LogP contribution in [0, 0.1) is 0 Å². The van der Waals surface area contributed by atoms with Crippen molar-refractivity contribution >= 4 is 97.3 Å². The Balaban J connectivity index is 1.18. The smallest absolute Gasteiger partial charge is 0.0434 e. The number of rotatable bonds is 4. The normalized spacial score (nSPS) is 11.9. The van der Waals surface area contributed by atoms with Crippen molar-refractivity contribution < 1.29 is 0 Å². The van der Waals surface area contributed by atoms with Crippen LogP contribution in [0.5, 0.6) is 0 Å². The Hall–Kier alpha value is -5.58. The number of fused-ring (bicyclic) bond motifs is 7. The first-order chi connectivity index (χ1) is 25.3. The second-order valence-corrected chi connectivity index (χ2v) is 15.8. The van der Waals surface area contributed by atoms with E-state index in [9.17, 15) is 0 Å². The van der Waals surface area contributed by atoms with Gasteiger partial charge in [0.2, 0.25) is 0 Å². The molecule has 0 fully saturated rings. The van der Waals surface area contributed by atoms with Crippen LogP contribution in [0.25, 0.3) is 108 Å². The first-order valence-corrected chi connectivity index (χ1v) is 19.9. The van der Waals surface area contributed by atoms with Gasteiger partial charge in [0.15, 0.2) is 0 Å². The first-order valence-electron chi connectivity index (χ1n) is 17.2. The summed E-state index contributed by atoms with van der Waals surface area (Å²) in [7, 11) is 0. The average Bonchev–Trinajstić information content (AvgIpc) is 3.98. The molecule has 238 valence electrons. The van der Waals surface area contributed by atoms with Gasteiger partial charge in [0.05, 0.1) is 0 Å². The van der Waals surface area contributed by atoms with Crippen LogP contribution >= 0.6 is 34.0 Å². The number of hydrogen-bond acceptors (Lipinski definition) is 3. The van der Waals surface area contributed by atoms with Gasteiger partial charge in [0.1, 0.15) is 0 Å². The fourth-order valence-corrected chi connectivity index (χ4v) is 11.0. The molecule has 0 atom stereocenters. The molecule has 3 aromatic heterocycles. The Bertz CT molecular complexity index is 3010. The SMILES string of the molecule is c1ccc2c(-c3ccc4c(c3)sc3c(-c5c6ccccc6c(-c6ccsc6)c6ccccc56)cccc34)c3ccccc3c(-c3ccsc3)c2c1. The summed E-state index contributed by atoms with van der Waals surface area (Å²) in [6, 6.07) is 54.4. The Morgan fingerprint density at radius 3 is 1.20 bits per heavy atom. The highest BCUT2D eigenvalue weighted by Gasteiger charge is 2.21. The number of hydrogen-bond donors (Lipinski definition) is 0. The third-order valence-corrected chi connectivity index (χ3v) is 13.1. The highest BCUT2D eigenvalue weighted by molar-refractivity contribution is 7.26. The second-order valence-electron chi connectivity index (χ2n) is 13.2. The molecule has 0 unspecified atom stereocenters. The summed E-state index contributed by atoms with van der Waals surface area (Å²) in [5.41, 5.74) is 10.4. The lowest BCUT2D eigenvalue weighted by molar-refractivity contribution is 1.71. The number of benzene rings is 8. The Kier molecular flexibility index (Phi) is 6.57. The summed E-state index contributed by atoms with van der Waals surface area (Å²) >= 11 is 5.44. The fraction of sp³-hybridized carbons (Fsp3) is 0. The molecule has 11 rings (SSSR count). The van der Waals surface area contributed by atoms with Crippen LogP contribution in [0.15, 0.2) is 167 Å². The zero-order valence-electron chi connectivity index (χ0n) is 27.4. The molecule has 0 amide bonds. The highest BCUT2D eigenvalue weighted by atomic mass is 32.1. The Morgan fingerprint density at radius 2 is 0.745 bits per heavy atom. The zero-order valence-corrected chi connectivity index (χ0v) is 29.8. The van der Waals surface area contributed by atoms with Crippen molar-refractivity contribution in [2.75, 3.05) is 0 Å². The third kappa shape index (κ3) is 4.36. The van der Waals surface area contributed by atoms with E-state index in [0.717, 1.165) is 0 Å². The molecule has 0 aliphatic rings. The van der Waals surface area contributed by atoms with E-state index in [0.29, 0.717) is 0 Å². The molecule has 0 saturated carbocycles. The highest BCUT2D eigenvalue weighted by Crippen LogP contribution is 2.49. The van der Waals surface area contributed by atoms with Crippen molar-refractivity contribution in [3.8, 4) is 44.5 Å². The molecule has 0 N–H and O–H groups in total. The van der Waals surface area contributed by atoms with Crippen LogP contribution < -0.4 is 0 Å². The lowest BCUT2D eigenvalue weighted by Crippen LogP contribution is -1.90. The van der Waals surface area contributed by atoms with Crippen molar-refractivity contribution in [1.29, 1.82) is 0 Å². The van der Waals surface area contributed by atoms with E-state index >= 15 is 0 Å². The van der Waals surface area contributed by atoms with E-state index in [2.05, 4.69) is 167 Å². The van der Waals surface area contributed by atoms with Crippen molar-refractivity contribution in [1.82, 2.24) is 0 Å². The van der Waals surface area contributed by atoms with Gasteiger partial charge >= 0.3 is 0 Å². The number of thiophene rings is 3. The Morgan fingerprint density at radius 1 is 0.314 bits per heavy atom. The maximum Gasteiger partial charge on any atom is 0.0434 e. The Labute approximate surface area is 307 Å². The van der Waals surface area contributed by atoms with Crippen molar-refractivity contribution in [2.24, 2.45) is 0 Å². The minimum absolute atomic E-state index is 1.26. The molecule has 51 heavy (non-hydrogen) atoms. The van der Waals surface area contributed by atoms with Crippen molar-refractivity contribution in [3.63, 3.8) is 0 Å². The van der Waals surface area contributed by atoms with Crippen LogP contribution in [-0.2, 0) is 0 Å². The summed E-state index contributed by atoms with van der Waals surface area (Å²) in [6.07, 6.45) is 0. The van der Waals surface area contributed by atoms with Gasteiger partial charge < -0.3 is 0 Å². The predicted molar refractivity (Wildman–Crippen MR) is 227 cm³/mol. The van der Waals surface area contributed by atoms with Gasteiger partial charge in [-0.2, -0.15) is 22.7 Å². The van der Waals surface area contributed by atoms with Crippen molar-refractivity contribution in [2.45, 2.75) is 0 Å². The van der Waals surface area contributed by atoms with E-state index in [1.165, 1.54) is 108 Å². The van der Waals surface area contributed by atoms with Crippen LogP contribution in [0.2, 0.25) is 0 Å². The van der Waals surface area contributed by atoms with E-state index in [1.54, 1.807) is 22.7 Å². The molecule has 11 aromatic rings. The van der Waals surface area contributed by atoms with Gasteiger partial charge in [-0.3, -0.25) is 0 Å². The summed E-state index contributed by atoms with van der Waals surface area (Å²) in [4.78, 5) is 0. The fourth-order valence-electron chi connectivity index (χ4n) is 8.44. The molecule has 0 aliphatic heterocycles. The first kappa shape index (κ1) is 29.2. The van der Waals surface area contributed by atoms with Gasteiger partial charge in [-0.05, 0) is 122 Å². The topological polar surface area (TPSA) is 0 Å². The minimum atomic E-state index is 1.26. The standard InChI is InChI=1S/C48H28S3/c1-3-12-35-33(10-1)44(34-11-2-4-13-36(34)45(35)30-22-24-49-27-30)29-20-21-32-41-18-9-19-42(48(41)51-43(32)26-29)47-39-16-7-5-14-37(39)46(31-23-25-50-28-31)38-15-6-8-17-40(38)47/h1-28H. The molecule has 0 radical (unpaired) electrons. The van der Waals surface area contributed by atoms with E-state index in [1.807, 2.05) is 11.3 Å². The van der Waals surface area contributed by atoms with E-state index < -0.39 is 0 Å². The maximum absolute atomic E-state index is 2.44. The van der Waals surface area contributed by atoms with Crippen molar-refractivity contribution in [3.05, 3.63) is 167 Å². The molecular formula is C48H28S3. The van der Waals surface area contributed by atoms with E-state index in [-0.39, 0.29) is 0 Å². The maximum atomic E-state index is 2.44. The molecule has 3 heteroatoms. The lowest BCUT2D eigenvalue weighted by Gasteiger charge is -2.17. The van der Waals surface area contributed by atoms with Gasteiger partial charge in [-0.15, -0.1) is 11.3 Å². The average molecular weight is 701 g/mol. The van der Waals surface area contributed by atoms with Crippen LogP contribution in [0.1, 0.15) is 0 Å². The molecule has 8 aromatic carbocycles. The summed E-state index contributed by atoms with van der Waals surface area (Å²) in [5, 5.41) is 21.9. The summed E-state index contributed by atoms with van der Waals surface area (Å²) in [5.74, 6) is 0. The molecule has 0 spiro atoms. The van der Waals surface area contributed by atoms with Gasteiger partial charge in [0.25, 0.3) is 0 Å². The van der Waals surface area contributed by atoms with Crippen LogP contribution in [-0.4, -0.2) is 0 Å². The molecule has 0 bridgehead atoms. The van der Waals surface area contributed by atoms with Gasteiger partial charge in [0, 0.05) is 25.7 Å². The zero-order chi connectivity index (χ0) is 33.5. The van der Waals surface area contributed by atoms with E-state index in [4.69, 9.17) is 0 Å². The molecule has 3 heterocycles. The van der Waals surface area contributed by atoms with Gasteiger partial charge in [-0.1, -0.05) is 127 Å². The van der Waals surface area contributed by atoms with Gasteiger partial charge in [-0.25, -0.2) is 0 Å². The summed E-state index contributed by atoms with van der Waals surface area (Å²) in [6.45, 7) is 0. The van der Waals surface area contributed by atoms with Crippen LogP contribution in [0.3, 0.4) is 0 Å².